The second-order valence-corrected chi connectivity index (χ2v) is 6.10. The van der Waals surface area contributed by atoms with Crippen LogP contribution in [0.15, 0.2) is 22.7 Å². The van der Waals surface area contributed by atoms with Crippen molar-refractivity contribution in [3.63, 3.8) is 0 Å². The fourth-order valence-electron chi connectivity index (χ4n) is 1.39. The average molecular weight is 327 g/mol. The van der Waals surface area contributed by atoms with Crippen molar-refractivity contribution in [2.24, 2.45) is 0 Å². The molecule has 0 unspecified atom stereocenters. The first-order valence-corrected chi connectivity index (χ1v) is 6.68. The SMILES string of the molecule is Cc1c(Br)cccc1NC(=N)NC(=O)NC(C)(C)C. The first kappa shape index (κ1) is 15.5. The van der Waals surface area contributed by atoms with Crippen molar-refractivity contribution in [3.05, 3.63) is 28.2 Å². The second kappa shape index (κ2) is 6.06. The van der Waals surface area contributed by atoms with E-state index >= 15 is 0 Å². The highest BCUT2D eigenvalue weighted by Gasteiger charge is 2.14. The van der Waals surface area contributed by atoms with Crippen LogP contribution >= 0.6 is 15.9 Å². The van der Waals surface area contributed by atoms with Crippen molar-refractivity contribution < 1.29 is 4.79 Å². The molecule has 0 aliphatic carbocycles. The van der Waals surface area contributed by atoms with Crippen molar-refractivity contribution in [2.45, 2.75) is 33.2 Å². The third kappa shape index (κ3) is 5.30. The number of guanidine groups is 1. The van der Waals surface area contributed by atoms with Crippen LogP contribution in [-0.4, -0.2) is 17.5 Å². The smallest absolute Gasteiger partial charge is 0.321 e. The molecule has 0 saturated heterocycles. The molecule has 4 N–H and O–H groups in total. The summed E-state index contributed by atoms with van der Waals surface area (Å²) in [6, 6.07) is 5.22. The molecule has 1 aromatic rings. The summed E-state index contributed by atoms with van der Waals surface area (Å²) in [4.78, 5) is 11.6. The van der Waals surface area contributed by atoms with Crippen LogP contribution in [0.1, 0.15) is 26.3 Å². The van der Waals surface area contributed by atoms with Gasteiger partial charge in [0, 0.05) is 15.7 Å². The summed E-state index contributed by atoms with van der Waals surface area (Å²) in [7, 11) is 0. The van der Waals surface area contributed by atoms with E-state index in [2.05, 4.69) is 31.9 Å². The largest absolute Gasteiger partial charge is 0.333 e. The zero-order chi connectivity index (χ0) is 14.6. The maximum absolute atomic E-state index is 11.6. The molecule has 0 bridgehead atoms. The Kier molecular flexibility index (Phi) is 4.94. The lowest BCUT2D eigenvalue weighted by molar-refractivity contribution is 0.236. The molecule has 5 nitrogen and oxygen atoms in total. The Labute approximate surface area is 121 Å². The van der Waals surface area contributed by atoms with Gasteiger partial charge in [-0.3, -0.25) is 10.7 Å². The van der Waals surface area contributed by atoms with Gasteiger partial charge in [0.2, 0.25) is 5.96 Å². The molecule has 0 spiro atoms. The highest BCUT2D eigenvalue weighted by atomic mass is 79.9. The number of rotatable bonds is 1. The van der Waals surface area contributed by atoms with Crippen molar-refractivity contribution in [1.82, 2.24) is 10.6 Å². The van der Waals surface area contributed by atoms with Crippen LogP contribution in [0.25, 0.3) is 0 Å². The van der Waals surface area contributed by atoms with Crippen LogP contribution in [0.4, 0.5) is 10.5 Å². The molecular weight excluding hydrogens is 308 g/mol. The highest BCUT2D eigenvalue weighted by molar-refractivity contribution is 9.10. The Morgan fingerprint density at radius 2 is 1.95 bits per heavy atom. The predicted octanol–water partition coefficient (Wildman–Crippen LogP) is 3.20. The maximum Gasteiger partial charge on any atom is 0.321 e. The van der Waals surface area contributed by atoms with E-state index in [1.165, 1.54) is 0 Å². The number of benzene rings is 1. The highest BCUT2D eigenvalue weighted by Crippen LogP contribution is 2.23. The lowest BCUT2D eigenvalue weighted by Gasteiger charge is -2.21. The summed E-state index contributed by atoms with van der Waals surface area (Å²) in [5.74, 6) is -0.0667. The predicted molar refractivity (Wildman–Crippen MR) is 81.6 cm³/mol. The van der Waals surface area contributed by atoms with E-state index in [-0.39, 0.29) is 11.5 Å². The number of hydrogen-bond acceptors (Lipinski definition) is 2. The van der Waals surface area contributed by atoms with Gasteiger partial charge in [-0.15, -0.1) is 0 Å². The van der Waals surface area contributed by atoms with Gasteiger partial charge in [-0.2, -0.15) is 0 Å². The quantitative estimate of drug-likeness (QED) is 0.472. The molecule has 6 heteroatoms. The minimum Gasteiger partial charge on any atom is -0.333 e. The Morgan fingerprint density at radius 1 is 1.32 bits per heavy atom. The monoisotopic (exact) mass is 326 g/mol. The zero-order valence-corrected chi connectivity index (χ0v) is 13.1. The number of urea groups is 1. The van der Waals surface area contributed by atoms with Gasteiger partial charge in [0.15, 0.2) is 0 Å². The number of carbonyl (C=O) groups excluding carboxylic acids is 1. The molecule has 2 amide bonds. The minimum atomic E-state index is -0.405. The van der Waals surface area contributed by atoms with Gasteiger partial charge < -0.3 is 10.6 Å². The lowest BCUT2D eigenvalue weighted by Crippen LogP contribution is -2.49. The summed E-state index contributed by atoms with van der Waals surface area (Å²) in [6.07, 6.45) is 0. The van der Waals surface area contributed by atoms with E-state index in [9.17, 15) is 4.79 Å². The molecule has 0 aromatic heterocycles. The van der Waals surface area contributed by atoms with Crippen LogP contribution in [0, 0.1) is 12.3 Å². The number of nitrogens with one attached hydrogen (secondary N) is 4. The average Bonchev–Trinajstić information content (AvgIpc) is 2.21. The van der Waals surface area contributed by atoms with Gasteiger partial charge in [0.25, 0.3) is 0 Å². The fourth-order valence-corrected chi connectivity index (χ4v) is 1.76. The minimum absolute atomic E-state index is 0.0667. The molecule has 0 fully saturated rings. The second-order valence-electron chi connectivity index (χ2n) is 5.24. The number of halogens is 1. The summed E-state index contributed by atoms with van der Waals surface area (Å²) < 4.78 is 0.949. The number of hydrogen-bond donors (Lipinski definition) is 4. The Bertz CT molecular complexity index is 494. The van der Waals surface area contributed by atoms with E-state index in [0.717, 1.165) is 15.7 Å². The summed E-state index contributed by atoms with van der Waals surface area (Å²) in [6.45, 7) is 7.56. The van der Waals surface area contributed by atoms with Crippen molar-refractivity contribution in [2.75, 3.05) is 5.32 Å². The molecule has 0 aliphatic rings. The Hall–Kier alpha value is -1.56. The van der Waals surface area contributed by atoms with E-state index in [1.807, 2.05) is 45.9 Å². The van der Waals surface area contributed by atoms with E-state index in [0.29, 0.717) is 0 Å². The molecule has 1 rings (SSSR count). The van der Waals surface area contributed by atoms with E-state index < -0.39 is 6.03 Å². The fraction of sp³-hybridized carbons (Fsp3) is 0.385. The third-order valence-corrected chi connectivity index (χ3v) is 3.11. The summed E-state index contributed by atoms with van der Waals surface area (Å²) in [5, 5.41) is 15.7. The lowest BCUT2D eigenvalue weighted by atomic mass is 10.1. The first-order valence-electron chi connectivity index (χ1n) is 5.89. The van der Waals surface area contributed by atoms with Gasteiger partial charge in [0.1, 0.15) is 0 Å². The van der Waals surface area contributed by atoms with Gasteiger partial charge >= 0.3 is 6.03 Å². The molecule has 0 aliphatic heterocycles. The van der Waals surface area contributed by atoms with Crippen LogP contribution in [0.3, 0.4) is 0 Å². The molecule has 0 heterocycles. The molecule has 0 radical (unpaired) electrons. The number of amides is 2. The Morgan fingerprint density at radius 3 is 2.53 bits per heavy atom. The molecule has 0 saturated carbocycles. The number of anilines is 1. The van der Waals surface area contributed by atoms with Gasteiger partial charge in [-0.25, -0.2) is 4.79 Å². The first-order chi connectivity index (χ1) is 8.69. The van der Waals surface area contributed by atoms with Crippen molar-refractivity contribution in [3.8, 4) is 0 Å². The molecule has 1 aromatic carbocycles. The summed E-state index contributed by atoms with van der Waals surface area (Å²) >= 11 is 3.42. The van der Waals surface area contributed by atoms with Crippen LogP contribution in [-0.2, 0) is 0 Å². The van der Waals surface area contributed by atoms with Crippen LogP contribution < -0.4 is 16.0 Å². The van der Waals surface area contributed by atoms with Gasteiger partial charge in [-0.05, 0) is 45.4 Å². The van der Waals surface area contributed by atoms with E-state index in [4.69, 9.17) is 5.41 Å². The van der Waals surface area contributed by atoms with Crippen molar-refractivity contribution >= 4 is 33.6 Å². The van der Waals surface area contributed by atoms with Gasteiger partial charge in [0.05, 0.1) is 0 Å². The topological polar surface area (TPSA) is 77.0 Å². The maximum atomic E-state index is 11.6. The summed E-state index contributed by atoms with van der Waals surface area (Å²) in [5.41, 5.74) is 1.41. The Balaban J connectivity index is 2.61. The van der Waals surface area contributed by atoms with Crippen molar-refractivity contribution in [1.29, 1.82) is 5.41 Å². The van der Waals surface area contributed by atoms with Crippen LogP contribution in [0.5, 0.6) is 0 Å². The zero-order valence-electron chi connectivity index (χ0n) is 11.5. The molecule has 0 atom stereocenters. The van der Waals surface area contributed by atoms with Gasteiger partial charge in [-0.1, -0.05) is 22.0 Å². The number of carbonyl (C=O) groups is 1. The molecule has 19 heavy (non-hydrogen) atoms. The van der Waals surface area contributed by atoms with E-state index in [1.54, 1.807) is 0 Å². The van der Waals surface area contributed by atoms with Crippen LogP contribution in [0.2, 0.25) is 0 Å². The third-order valence-electron chi connectivity index (χ3n) is 2.25. The standard InChI is InChI=1S/C13H19BrN4O/c1-8-9(14)6-5-7-10(8)16-11(15)17-12(19)18-13(2,3)4/h5-7H,1-4H3,(H4,15,16,17,18,19). The molecular formula is C13H19BrN4O. The molecule has 104 valence electrons. The normalized spacial score (nSPS) is 10.8.